The van der Waals surface area contributed by atoms with Crippen LogP contribution in [-0.2, 0) is 40.0 Å². The van der Waals surface area contributed by atoms with Gasteiger partial charge in [0.25, 0.3) is 0 Å². The van der Waals surface area contributed by atoms with Crippen LogP contribution in [0, 0.1) is 0 Å². The molecule has 6 aliphatic rings. The van der Waals surface area contributed by atoms with Crippen LogP contribution in [0.3, 0.4) is 0 Å². The highest BCUT2D eigenvalue weighted by Crippen LogP contribution is 2.47. The number of amides is 7. The fourth-order valence-electron chi connectivity index (χ4n) is 11.1. The van der Waals surface area contributed by atoms with Crippen molar-refractivity contribution in [3.05, 3.63) is 170 Å². The molecule has 7 aromatic rings. The molecular weight excluding hydrogens is 1220 g/mol. The van der Waals surface area contributed by atoms with Gasteiger partial charge in [0.15, 0.2) is 23.0 Å². The summed E-state index contributed by atoms with van der Waals surface area (Å²) >= 11 is 13.8. The lowest BCUT2D eigenvalue weighted by molar-refractivity contribution is -0.137. The first-order valence-electron chi connectivity index (χ1n) is 28.4. The van der Waals surface area contributed by atoms with Gasteiger partial charge in [-0.2, -0.15) is 0 Å². The van der Waals surface area contributed by atoms with Gasteiger partial charge in [-0.1, -0.05) is 59.6 Å². The Balaban J connectivity index is 1.12. The molecule has 7 aromatic carbocycles. The molecule has 6 heterocycles. The second-order valence-electron chi connectivity index (χ2n) is 22.3. The van der Waals surface area contributed by atoms with E-state index in [1.807, 2.05) is 19.0 Å². The second kappa shape index (κ2) is 25.7. The lowest BCUT2D eigenvalue weighted by Crippen LogP contribution is -2.56. The molecule has 0 fully saturated rings. The molecule has 25 nitrogen and oxygen atoms in total. The number of likely N-dealkylation sites (N-methyl/N-ethyl adjacent to an activating group) is 1. The molecule has 0 spiro atoms. The number of rotatable bonds is 6. The number of aromatic hydroxyl groups is 5. The minimum absolute atomic E-state index is 0.0530. The van der Waals surface area contributed by atoms with Crippen LogP contribution in [0.25, 0.3) is 11.1 Å². The van der Waals surface area contributed by atoms with Gasteiger partial charge in [-0.3, -0.25) is 33.6 Å². The van der Waals surface area contributed by atoms with E-state index in [-0.39, 0.29) is 97.0 Å². The van der Waals surface area contributed by atoms with Crippen LogP contribution < -0.4 is 56.7 Å². The van der Waals surface area contributed by atoms with E-state index >= 15 is 24.0 Å². The van der Waals surface area contributed by atoms with E-state index in [1.54, 1.807) is 12.1 Å². The van der Waals surface area contributed by atoms with Crippen LogP contribution >= 0.6 is 23.2 Å². The average Bonchev–Trinajstić information content (AvgIpc) is 0.901. The molecular formula is C64H59Cl2N9O16. The van der Waals surface area contributed by atoms with Crippen LogP contribution in [0.5, 0.6) is 63.2 Å². The number of halogens is 2. The zero-order valence-electron chi connectivity index (χ0n) is 48.5. The maximum Gasteiger partial charge on any atom is 0.248 e. The van der Waals surface area contributed by atoms with Crippen molar-refractivity contribution in [2.75, 3.05) is 34.2 Å². The van der Waals surface area contributed by atoms with Crippen molar-refractivity contribution < 1.29 is 78.4 Å². The summed E-state index contributed by atoms with van der Waals surface area (Å²) in [5, 5.41) is 90.5. The Morgan fingerprint density at radius 3 is 1.93 bits per heavy atom. The van der Waals surface area contributed by atoms with E-state index in [0.29, 0.717) is 18.5 Å². The summed E-state index contributed by atoms with van der Waals surface area (Å²) in [5.41, 5.74) is -0.177. The highest BCUT2D eigenvalue weighted by Gasteiger charge is 2.41. The summed E-state index contributed by atoms with van der Waals surface area (Å²) in [4.78, 5) is 108. The number of phenols is 5. The Bertz CT molecular complexity index is 4120. The third-order valence-electron chi connectivity index (χ3n) is 15.8. The zero-order valence-corrected chi connectivity index (χ0v) is 50.0. The number of aliphatic hydroxyl groups is 1. The summed E-state index contributed by atoms with van der Waals surface area (Å²) in [6.07, 6.45) is -1.79. The molecule has 0 saturated heterocycles. The predicted octanol–water partition coefficient (Wildman–Crippen LogP) is 5.52. The lowest BCUT2D eigenvalue weighted by Gasteiger charge is -2.31. The normalized spacial score (nSPS) is 21.4. The Kier molecular flexibility index (Phi) is 17.6. The van der Waals surface area contributed by atoms with Gasteiger partial charge in [0.1, 0.15) is 82.9 Å². The quantitative estimate of drug-likeness (QED) is 0.0911. The number of aliphatic hydroxyl groups excluding tert-OH is 1. The first kappa shape index (κ1) is 62.3. The van der Waals surface area contributed by atoms with Crippen molar-refractivity contribution in [1.29, 1.82) is 0 Å². The highest BCUT2D eigenvalue weighted by molar-refractivity contribution is 6.33. The number of fused-ring (bicyclic) bond motifs is 14. The number of benzene rings is 7. The van der Waals surface area contributed by atoms with Crippen molar-refractivity contribution in [3.63, 3.8) is 0 Å². The number of phenolic OH excluding ortho intramolecular Hbond substituents is 5. The van der Waals surface area contributed by atoms with Gasteiger partial charge >= 0.3 is 0 Å². The van der Waals surface area contributed by atoms with E-state index in [0.717, 1.165) is 12.1 Å². The summed E-state index contributed by atoms with van der Waals surface area (Å²) < 4.78 is 18.7. The Morgan fingerprint density at radius 1 is 0.560 bits per heavy atom. The molecule has 13 rings (SSSR count). The molecule has 8 atom stereocenters. The number of carbonyl (C=O) groups is 7. The maximum absolute atomic E-state index is 15.9. The Morgan fingerprint density at radius 2 is 1.21 bits per heavy atom. The topological polar surface area (TPSA) is 368 Å². The minimum Gasteiger partial charge on any atom is -0.508 e. The zero-order chi connectivity index (χ0) is 64.7. The van der Waals surface area contributed by atoms with Gasteiger partial charge in [-0.05, 0) is 152 Å². The largest absolute Gasteiger partial charge is 0.508 e. The summed E-state index contributed by atoms with van der Waals surface area (Å²) in [6, 6.07) is 13.4. The van der Waals surface area contributed by atoms with E-state index in [2.05, 4.69) is 42.5 Å². The van der Waals surface area contributed by atoms with Crippen LogP contribution in [-0.4, -0.2) is 123 Å². The van der Waals surface area contributed by atoms with Crippen molar-refractivity contribution >= 4 is 64.6 Å². The standard InChI is InChI=1S/C64H59Cl2N9O16/c1-67-50-30-8-15-43(78)46(22-30)90-35-26-39(49(66)44(79)27-35)54-63(87)71-52-32-23-47(89-34-11-5-28(6-12-34)19-41(58(82)72-54)69-60(50)84)57(81)48(24-32)91-45-16-9-31(21-40(45)65)56(80)55-64(88)73-53(59(83)68-17-4-18-75(2)3)38-25-33(76)10-13-36(38)37-20-29(7-14-42(37)77)51(61(85)74-55)70-62(52)86/h5-16,20-27,41,50-56,67,76-81H,4,17-19H2,1-3H3,(H,68,83)(H,69,84)(H,70,86)(H,71,87)(H,72,82)(H,73,88)(H,74,85)/t41-,50-,51-,52-,53+,54+,55+,56-/m1/s1. The fraction of sp³-hybridized carbons (Fsp3) is 0.234. The van der Waals surface area contributed by atoms with Gasteiger partial charge in [0.2, 0.25) is 47.1 Å². The molecule has 0 saturated carbocycles. The molecule has 14 N–H and O–H groups in total. The van der Waals surface area contributed by atoms with Crippen molar-refractivity contribution in [1.82, 2.24) is 47.4 Å². The summed E-state index contributed by atoms with van der Waals surface area (Å²) in [6.45, 7) is 0.686. The SMILES string of the molecule is CN[C@H]1C(=O)N[C@@H]2Cc3ccc(cc3)Oc3cc4cc(c3O)Oc3ccc(cc3Cl)[C@@H](O)[C@@H]3NC(=O)[C@H](NC(=O)[C@@H]4NC(=O)[C@@H](NC2=O)c2cc(cc(O)c2Cl)Oc2cc1ccc2O)c1ccc(O)c(c1)-c1ccc(O)cc1[C@@H](C(=O)NCCCN(C)C)NC3=O. The first-order valence-corrected chi connectivity index (χ1v) is 29.2. The van der Waals surface area contributed by atoms with Gasteiger partial charge in [0.05, 0.1) is 10.0 Å². The molecule has 0 aliphatic carbocycles. The van der Waals surface area contributed by atoms with Crippen molar-refractivity contribution in [2.45, 2.75) is 61.2 Å². The van der Waals surface area contributed by atoms with Gasteiger partial charge in [-0.25, -0.2) is 0 Å². The molecule has 0 radical (unpaired) electrons. The highest BCUT2D eigenvalue weighted by atomic mass is 35.5. The second-order valence-corrected chi connectivity index (χ2v) is 23.0. The lowest BCUT2D eigenvalue weighted by atomic mass is 9.90. The molecule has 0 aromatic heterocycles. The van der Waals surface area contributed by atoms with Gasteiger partial charge in [0, 0.05) is 30.2 Å². The van der Waals surface area contributed by atoms with E-state index in [4.69, 9.17) is 37.4 Å². The Labute approximate surface area is 528 Å². The molecule has 6 aliphatic heterocycles. The van der Waals surface area contributed by atoms with E-state index < -0.39 is 124 Å². The average molecular weight is 1280 g/mol. The number of hydrogen-bond donors (Lipinski definition) is 14. The third-order valence-corrected chi connectivity index (χ3v) is 16.5. The number of hydrogen-bond acceptors (Lipinski definition) is 18. The first-order chi connectivity index (χ1) is 43.5. The number of nitrogens with zero attached hydrogens (tertiary/aromatic N) is 1. The van der Waals surface area contributed by atoms with Crippen molar-refractivity contribution in [3.8, 4) is 74.4 Å². The van der Waals surface area contributed by atoms with Crippen LogP contribution in [0.4, 0.5) is 0 Å². The third kappa shape index (κ3) is 13.0. The Hall–Kier alpha value is -10.3. The number of ether oxygens (including phenoxy) is 3. The molecule has 91 heavy (non-hydrogen) atoms. The van der Waals surface area contributed by atoms with Crippen LogP contribution in [0.15, 0.2) is 121 Å². The number of carbonyl (C=O) groups excluding carboxylic acids is 7. The monoisotopic (exact) mass is 1280 g/mol. The van der Waals surface area contributed by atoms with Crippen LogP contribution in [0.2, 0.25) is 10.0 Å². The van der Waals surface area contributed by atoms with Crippen LogP contribution in [0.1, 0.15) is 81.7 Å². The van der Waals surface area contributed by atoms with Gasteiger partial charge < -0.3 is 92.3 Å². The molecule has 470 valence electrons. The molecule has 0 unspecified atom stereocenters. The summed E-state index contributed by atoms with van der Waals surface area (Å²) in [5.74, 6) is -11.4. The molecule has 17 bridgehead atoms. The minimum atomic E-state index is -2.11. The predicted molar refractivity (Wildman–Crippen MR) is 327 cm³/mol. The van der Waals surface area contributed by atoms with E-state index in [9.17, 15) is 40.2 Å². The van der Waals surface area contributed by atoms with Gasteiger partial charge in [-0.15, -0.1) is 0 Å². The molecule has 27 heteroatoms. The molecule has 7 amide bonds. The fourth-order valence-corrected chi connectivity index (χ4v) is 11.5. The summed E-state index contributed by atoms with van der Waals surface area (Å²) in [7, 11) is 5.17. The maximum atomic E-state index is 15.9. The smallest absolute Gasteiger partial charge is 0.248 e. The van der Waals surface area contributed by atoms with E-state index in [1.165, 1.54) is 104 Å². The number of nitrogens with one attached hydrogen (secondary N) is 8. The van der Waals surface area contributed by atoms with Crippen molar-refractivity contribution in [2.24, 2.45) is 0 Å².